The van der Waals surface area contributed by atoms with Crippen molar-refractivity contribution in [2.24, 2.45) is 0 Å². The Hall–Kier alpha value is -2.76. The van der Waals surface area contributed by atoms with Crippen LogP contribution in [-0.4, -0.2) is 51.2 Å². The molecule has 29 heavy (non-hydrogen) atoms. The standard InChI is InChI=1S/C23H28N4O2/c1-17(28)26-13-11-21-20(16-26)14-24-23(25-21)19-8-5-12-27(15-19)22(29)10-9-18-6-3-2-4-7-18/h2-4,6-7,14,19H,5,8-13,15-16H2,1H3/t19-/m0/s1. The van der Waals surface area contributed by atoms with Gasteiger partial charge in [-0.05, 0) is 24.8 Å². The van der Waals surface area contributed by atoms with Crippen LogP contribution in [0.25, 0.3) is 0 Å². The molecule has 1 fully saturated rings. The molecule has 1 aromatic heterocycles. The second kappa shape index (κ2) is 8.72. The van der Waals surface area contributed by atoms with Gasteiger partial charge in [0.15, 0.2) is 0 Å². The van der Waals surface area contributed by atoms with Crippen LogP contribution in [0.1, 0.15) is 54.7 Å². The third kappa shape index (κ3) is 4.63. The number of amides is 2. The number of carbonyl (C=O) groups excluding carboxylic acids is 2. The average Bonchev–Trinajstić information content (AvgIpc) is 2.77. The number of aromatic nitrogens is 2. The number of piperidine rings is 1. The van der Waals surface area contributed by atoms with Crippen LogP contribution < -0.4 is 0 Å². The minimum Gasteiger partial charge on any atom is -0.342 e. The molecule has 2 amide bonds. The summed E-state index contributed by atoms with van der Waals surface area (Å²) in [6.45, 7) is 4.44. The highest BCUT2D eigenvalue weighted by molar-refractivity contribution is 5.76. The van der Waals surface area contributed by atoms with E-state index in [1.165, 1.54) is 5.56 Å². The zero-order valence-electron chi connectivity index (χ0n) is 17.0. The fraction of sp³-hybridized carbons (Fsp3) is 0.478. The number of likely N-dealkylation sites (tertiary alicyclic amines) is 1. The largest absolute Gasteiger partial charge is 0.342 e. The molecule has 1 saturated heterocycles. The highest BCUT2D eigenvalue weighted by Crippen LogP contribution is 2.27. The molecule has 2 aliphatic rings. The van der Waals surface area contributed by atoms with Crippen LogP contribution in [0.15, 0.2) is 36.5 Å². The molecule has 0 N–H and O–H groups in total. The van der Waals surface area contributed by atoms with E-state index in [2.05, 4.69) is 17.1 Å². The minimum atomic E-state index is 0.0941. The molecule has 1 atom stereocenters. The Labute approximate surface area is 172 Å². The first kappa shape index (κ1) is 19.6. The van der Waals surface area contributed by atoms with Gasteiger partial charge in [0.05, 0.1) is 5.69 Å². The minimum absolute atomic E-state index is 0.0941. The lowest BCUT2D eigenvalue weighted by molar-refractivity contribution is -0.132. The molecule has 0 aliphatic carbocycles. The average molecular weight is 393 g/mol. The maximum atomic E-state index is 12.7. The lowest BCUT2D eigenvalue weighted by atomic mass is 9.96. The zero-order chi connectivity index (χ0) is 20.2. The lowest BCUT2D eigenvalue weighted by Gasteiger charge is -2.33. The highest BCUT2D eigenvalue weighted by atomic mass is 16.2. The van der Waals surface area contributed by atoms with Gasteiger partial charge in [0.2, 0.25) is 11.8 Å². The molecule has 1 aromatic carbocycles. The van der Waals surface area contributed by atoms with Crippen molar-refractivity contribution in [2.45, 2.75) is 51.5 Å². The molecule has 6 nitrogen and oxygen atoms in total. The normalized spacial score (nSPS) is 19.0. The highest BCUT2D eigenvalue weighted by Gasteiger charge is 2.28. The van der Waals surface area contributed by atoms with Crippen molar-refractivity contribution in [3.63, 3.8) is 0 Å². The second-order valence-electron chi connectivity index (χ2n) is 8.06. The molecule has 4 rings (SSSR count). The van der Waals surface area contributed by atoms with Crippen molar-refractivity contribution in [3.8, 4) is 0 Å². The smallest absolute Gasteiger partial charge is 0.222 e. The number of aryl methyl sites for hydroxylation is 1. The molecular weight excluding hydrogens is 364 g/mol. The topological polar surface area (TPSA) is 66.4 Å². The number of hydrogen-bond donors (Lipinski definition) is 0. The molecule has 3 heterocycles. The summed E-state index contributed by atoms with van der Waals surface area (Å²) in [6.07, 6.45) is 5.98. The first-order valence-electron chi connectivity index (χ1n) is 10.5. The van der Waals surface area contributed by atoms with Crippen LogP contribution in [0.5, 0.6) is 0 Å². The molecule has 0 saturated carbocycles. The maximum absolute atomic E-state index is 12.7. The lowest BCUT2D eigenvalue weighted by Crippen LogP contribution is -2.40. The van der Waals surface area contributed by atoms with E-state index in [0.717, 1.165) is 49.3 Å². The van der Waals surface area contributed by atoms with Crippen molar-refractivity contribution in [2.75, 3.05) is 19.6 Å². The van der Waals surface area contributed by atoms with E-state index in [1.807, 2.05) is 34.2 Å². The quantitative estimate of drug-likeness (QED) is 0.802. The Morgan fingerprint density at radius 1 is 1.14 bits per heavy atom. The van der Waals surface area contributed by atoms with Gasteiger partial charge in [0.1, 0.15) is 5.82 Å². The molecule has 0 radical (unpaired) electrons. The van der Waals surface area contributed by atoms with Crippen molar-refractivity contribution < 1.29 is 9.59 Å². The zero-order valence-corrected chi connectivity index (χ0v) is 17.0. The van der Waals surface area contributed by atoms with Gasteiger partial charge < -0.3 is 9.80 Å². The molecule has 2 aromatic rings. The monoisotopic (exact) mass is 392 g/mol. The first-order chi connectivity index (χ1) is 14.1. The molecular formula is C23H28N4O2. The summed E-state index contributed by atoms with van der Waals surface area (Å²) in [6, 6.07) is 10.2. The molecule has 0 bridgehead atoms. The summed E-state index contributed by atoms with van der Waals surface area (Å²) in [5.74, 6) is 1.35. The van der Waals surface area contributed by atoms with E-state index in [-0.39, 0.29) is 17.7 Å². The number of rotatable bonds is 4. The molecule has 6 heteroatoms. The Bertz CT molecular complexity index is 884. The van der Waals surface area contributed by atoms with Gasteiger partial charge in [-0.25, -0.2) is 9.97 Å². The van der Waals surface area contributed by atoms with Gasteiger partial charge in [0, 0.05) is 63.6 Å². The number of hydrogen-bond acceptors (Lipinski definition) is 4. The van der Waals surface area contributed by atoms with Crippen LogP contribution in [-0.2, 0) is 29.0 Å². The van der Waals surface area contributed by atoms with Gasteiger partial charge >= 0.3 is 0 Å². The van der Waals surface area contributed by atoms with Gasteiger partial charge in [-0.1, -0.05) is 30.3 Å². The van der Waals surface area contributed by atoms with E-state index in [4.69, 9.17) is 4.98 Å². The molecule has 0 unspecified atom stereocenters. The third-order valence-electron chi connectivity index (χ3n) is 6.01. The van der Waals surface area contributed by atoms with Crippen molar-refractivity contribution in [1.29, 1.82) is 0 Å². The summed E-state index contributed by atoms with van der Waals surface area (Å²) in [4.78, 5) is 37.6. The first-order valence-corrected chi connectivity index (χ1v) is 10.5. The van der Waals surface area contributed by atoms with Gasteiger partial charge in [-0.3, -0.25) is 9.59 Å². The number of carbonyl (C=O) groups is 2. The van der Waals surface area contributed by atoms with E-state index < -0.39 is 0 Å². The Morgan fingerprint density at radius 3 is 2.76 bits per heavy atom. The number of nitrogens with zero attached hydrogens (tertiary/aromatic N) is 4. The van der Waals surface area contributed by atoms with Crippen LogP contribution in [0.4, 0.5) is 0 Å². The van der Waals surface area contributed by atoms with Gasteiger partial charge in [-0.2, -0.15) is 0 Å². The summed E-state index contributed by atoms with van der Waals surface area (Å²) >= 11 is 0. The van der Waals surface area contributed by atoms with Crippen LogP contribution in [0, 0.1) is 0 Å². The Kier molecular flexibility index (Phi) is 5.88. The predicted molar refractivity (Wildman–Crippen MR) is 110 cm³/mol. The summed E-state index contributed by atoms with van der Waals surface area (Å²) < 4.78 is 0. The predicted octanol–water partition coefficient (Wildman–Crippen LogP) is 2.72. The van der Waals surface area contributed by atoms with Crippen LogP contribution in [0.2, 0.25) is 0 Å². The molecule has 0 spiro atoms. The van der Waals surface area contributed by atoms with E-state index >= 15 is 0 Å². The van der Waals surface area contributed by atoms with Crippen molar-refractivity contribution in [1.82, 2.24) is 19.8 Å². The molecule has 2 aliphatic heterocycles. The van der Waals surface area contributed by atoms with E-state index in [9.17, 15) is 9.59 Å². The van der Waals surface area contributed by atoms with Crippen LogP contribution in [0.3, 0.4) is 0 Å². The van der Waals surface area contributed by atoms with E-state index in [1.54, 1.807) is 6.92 Å². The summed E-state index contributed by atoms with van der Waals surface area (Å²) in [5, 5.41) is 0. The number of fused-ring (bicyclic) bond motifs is 1. The summed E-state index contributed by atoms with van der Waals surface area (Å²) in [5.41, 5.74) is 3.30. The maximum Gasteiger partial charge on any atom is 0.222 e. The van der Waals surface area contributed by atoms with Gasteiger partial charge in [-0.15, -0.1) is 0 Å². The molecule has 152 valence electrons. The third-order valence-corrected chi connectivity index (χ3v) is 6.01. The van der Waals surface area contributed by atoms with Gasteiger partial charge in [0.25, 0.3) is 0 Å². The van der Waals surface area contributed by atoms with E-state index in [0.29, 0.717) is 26.1 Å². The Balaban J connectivity index is 1.38. The SMILES string of the molecule is CC(=O)N1CCc2nc([C@H]3CCCN(C(=O)CCc4ccccc4)C3)ncc2C1. The second-order valence-corrected chi connectivity index (χ2v) is 8.06. The number of benzene rings is 1. The Morgan fingerprint density at radius 2 is 1.97 bits per heavy atom. The fourth-order valence-electron chi connectivity index (χ4n) is 4.27. The van der Waals surface area contributed by atoms with Crippen molar-refractivity contribution in [3.05, 3.63) is 59.2 Å². The van der Waals surface area contributed by atoms with Crippen LogP contribution >= 0.6 is 0 Å². The summed E-state index contributed by atoms with van der Waals surface area (Å²) in [7, 11) is 0. The van der Waals surface area contributed by atoms with Crippen molar-refractivity contribution >= 4 is 11.8 Å². The fourth-order valence-corrected chi connectivity index (χ4v) is 4.27.